The first kappa shape index (κ1) is 13.8. The largest absolute Gasteiger partial charge is 0.485 e. The van der Waals surface area contributed by atoms with Crippen LogP contribution < -0.4 is 10.3 Å². The van der Waals surface area contributed by atoms with E-state index in [4.69, 9.17) is 9.84 Å². The highest BCUT2D eigenvalue weighted by Crippen LogP contribution is 2.22. The summed E-state index contributed by atoms with van der Waals surface area (Å²) in [5, 5.41) is 8.75. The molecule has 0 bridgehead atoms. The van der Waals surface area contributed by atoms with E-state index in [2.05, 4.69) is 9.97 Å². The number of carboxylic acids is 1. The van der Waals surface area contributed by atoms with Crippen molar-refractivity contribution < 1.29 is 14.6 Å². The molecular formula is C14H14N2O4. The number of aromatic nitrogens is 2. The van der Waals surface area contributed by atoms with Crippen LogP contribution in [0.25, 0.3) is 0 Å². The summed E-state index contributed by atoms with van der Waals surface area (Å²) in [4.78, 5) is 28.5. The van der Waals surface area contributed by atoms with E-state index in [-0.39, 0.29) is 18.0 Å². The number of aryl methyl sites for hydroxylation is 2. The number of H-pyrrole nitrogens is 1. The molecule has 2 aromatic rings. The third-order valence-corrected chi connectivity index (χ3v) is 2.84. The van der Waals surface area contributed by atoms with E-state index in [1.165, 1.54) is 0 Å². The predicted octanol–water partition coefficient (Wildman–Crippen LogP) is 1.66. The van der Waals surface area contributed by atoms with Gasteiger partial charge in [0.05, 0.1) is 0 Å². The van der Waals surface area contributed by atoms with Gasteiger partial charge in [-0.15, -0.1) is 0 Å². The number of nitrogens with zero attached hydrogens (tertiary/aromatic N) is 1. The van der Waals surface area contributed by atoms with Gasteiger partial charge in [-0.1, -0.05) is 18.2 Å². The average molecular weight is 274 g/mol. The number of aromatic amines is 1. The summed E-state index contributed by atoms with van der Waals surface area (Å²) in [7, 11) is 0. The molecule has 0 saturated carbocycles. The van der Waals surface area contributed by atoms with Crippen LogP contribution in [0.5, 0.6) is 5.75 Å². The van der Waals surface area contributed by atoms with Gasteiger partial charge in [0.2, 0.25) is 0 Å². The number of carbonyl (C=O) groups is 1. The number of benzene rings is 1. The number of rotatable bonds is 4. The SMILES string of the molecule is Cc1cccc(C)c1OCc1ncc(C(=O)O)c(=O)[nH]1. The average Bonchev–Trinajstić information content (AvgIpc) is 2.37. The summed E-state index contributed by atoms with van der Waals surface area (Å²) in [5.74, 6) is -0.291. The second kappa shape index (κ2) is 5.56. The predicted molar refractivity (Wildman–Crippen MR) is 72.1 cm³/mol. The quantitative estimate of drug-likeness (QED) is 0.884. The third-order valence-electron chi connectivity index (χ3n) is 2.84. The molecule has 104 valence electrons. The molecule has 6 nitrogen and oxygen atoms in total. The summed E-state index contributed by atoms with van der Waals surface area (Å²) in [5.41, 5.74) is 0.887. The minimum atomic E-state index is -1.30. The molecule has 6 heteroatoms. The first-order chi connectivity index (χ1) is 9.49. The Morgan fingerprint density at radius 1 is 1.35 bits per heavy atom. The van der Waals surface area contributed by atoms with Crippen LogP contribution in [0.2, 0.25) is 0 Å². The van der Waals surface area contributed by atoms with E-state index in [9.17, 15) is 9.59 Å². The number of hydrogen-bond acceptors (Lipinski definition) is 4. The molecule has 0 aliphatic heterocycles. The van der Waals surface area contributed by atoms with Crippen molar-refractivity contribution in [3.05, 3.63) is 57.3 Å². The van der Waals surface area contributed by atoms with E-state index < -0.39 is 11.5 Å². The first-order valence-electron chi connectivity index (χ1n) is 5.99. The lowest BCUT2D eigenvalue weighted by Gasteiger charge is -2.11. The Hall–Kier alpha value is -2.63. The molecule has 0 radical (unpaired) electrons. The van der Waals surface area contributed by atoms with Crippen LogP contribution in [0.3, 0.4) is 0 Å². The zero-order valence-corrected chi connectivity index (χ0v) is 11.1. The van der Waals surface area contributed by atoms with Crippen LogP contribution in [-0.4, -0.2) is 21.0 Å². The molecular weight excluding hydrogens is 260 g/mol. The molecule has 0 fully saturated rings. The fourth-order valence-electron chi connectivity index (χ4n) is 1.82. The molecule has 0 aliphatic carbocycles. The van der Waals surface area contributed by atoms with Crippen molar-refractivity contribution in [2.75, 3.05) is 0 Å². The van der Waals surface area contributed by atoms with Crippen molar-refractivity contribution in [3.63, 3.8) is 0 Å². The van der Waals surface area contributed by atoms with Gasteiger partial charge < -0.3 is 14.8 Å². The van der Waals surface area contributed by atoms with Crippen molar-refractivity contribution >= 4 is 5.97 Å². The molecule has 1 heterocycles. The molecule has 2 N–H and O–H groups in total. The number of nitrogens with one attached hydrogen (secondary N) is 1. The van der Waals surface area contributed by atoms with Crippen LogP contribution in [0.4, 0.5) is 0 Å². The zero-order chi connectivity index (χ0) is 14.7. The maximum atomic E-state index is 11.5. The van der Waals surface area contributed by atoms with E-state index in [0.29, 0.717) is 0 Å². The second-order valence-corrected chi connectivity index (χ2v) is 4.39. The lowest BCUT2D eigenvalue weighted by atomic mass is 10.1. The lowest BCUT2D eigenvalue weighted by molar-refractivity contribution is 0.0694. The monoisotopic (exact) mass is 274 g/mol. The summed E-state index contributed by atoms with van der Waals surface area (Å²) < 4.78 is 5.63. The minimum absolute atomic E-state index is 0.0703. The van der Waals surface area contributed by atoms with Gasteiger partial charge in [0, 0.05) is 6.20 Å². The number of carboxylic acid groups (broad SMARTS) is 1. The number of hydrogen-bond donors (Lipinski definition) is 2. The molecule has 1 aromatic carbocycles. The van der Waals surface area contributed by atoms with Gasteiger partial charge in [-0.05, 0) is 25.0 Å². The van der Waals surface area contributed by atoms with Gasteiger partial charge in [-0.3, -0.25) is 4.79 Å². The second-order valence-electron chi connectivity index (χ2n) is 4.39. The minimum Gasteiger partial charge on any atom is -0.485 e. The maximum Gasteiger partial charge on any atom is 0.342 e. The Labute approximate surface area is 115 Å². The van der Waals surface area contributed by atoms with Gasteiger partial charge >= 0.3 is 5.97 Å². The van der Waals surface area contributed by atoms with Gasteiger partial charge in [0.25, 0.3) is 5.56 Å². The van der Waals surface area contributed by atoms with Gasteiger partial charge in [-0.25, -0.2) is 9.78 Å². The third kappa shape index (κ3) is 2.85. The Balaban J connectivity index is 2.18. The van der Waals surface area contributed by atoms with Crippen molar-refractivity contribution in [1.82, 2.24) is 9.97 Å². The van der Waals surface area contributed by atoms with Gasteiger partial charge in [0.15, 0.2) is 0 Å². The molecule has 0 atom stereocenters. The molecule has 2 rings (SSSR count). The van der Waals surface area contributed by atoms with Crippen molar-refractivity contribution in [2.45, 2.75) is 20.5 Å². The Kier molecular flexibility index (Phi) is 3.84. The molecule has 0 unspecified atom stereocenters. The van der Waals surface area contributed by atoms with E-state index in [1.807, 2.05) is 32.0 Å². The standard InChI is InChI=1S/C14H14N2O4/c1-8-4-3-5-9(2)12(8)20-7-11-15-6-10(14(18)19)13(17)16-11/h3-6H,7H2,1-2H3,(H,18,19)(H,15,16,17). The normalized spacial score (nSPS) is 10.3. The van der Waals surface area contributed by atoms with E-state index in [0.717, 1.165) is 23.1 Å². The van der Waals surface area contributed by atoms with Crippen LogP contribution >= 0.6 is 0 Å². The summed E-state index contributed by atoms with van der Waals surface area (Å²) in [6.07, 6.45) is 1.03. The fourth-order valence-corrected chi connectivity index (χ4v) is 1.82. The summed E-state index contributed by atoms with van der Waals surface area (Å²) in [6.45, 7) is 3.92. The zero-order valence-electron chi connectivity index (χ0n) is 11.1. The number of aromatic carboxylic acids is 1. The molecule has 20 heavy (non-hydrogen) atoms. The number of ether oxygens (including phenoxy) is 1. The van der Waals surface area contributed by atoms with Crippen LogP contribution in [0, 0.1) is 13.8 Å². The first-order valence-corrected chi connectivity index (χ1v) is 5.99. The van der Waals surface area contributed by atoms with E-state index in [1.54, 1.807) is 0 Å². The summed E-state index contributed by atoms with van der Waals surface area (Å²) in [6, 6.07) is 5.78. The highest BCUT2D eigenvalue weighted by molar-refractivity contribution is 5.86. The fraction of sp³-hybridized carbons (Fsp3) is 0.214. The van der Waals surface area contributed by atoms with Crippen LogP contribution in [0.15, 0.2) is 29.2 Å². The van der Waals surface area contributed by atoms with Crippen LogP contribution in [0.1, 0.15) is 27.3 Å². The molecule has 0 amide bonds. The van der Waals surface area contributed by atoms with Crippen molar-refractivity contribution in [2.24, 2.45) is 0 Å². The Morgan fingerprint density at radius 3 is 2.55 bits per heavy atom. The topological polar surface area (TPSA) is 92.3 Å². The van der Waals surface area contributed by atoms with Crippen molar-refractivity contribution in [3.8, 4) is 5.75 Å². The highest BCUT2D eigenvalue weighted by Gasteiger charge is 2.10. The van der Waals surface area contributed by atoms with Crippen molar-refractivity contribution in [1.29, 1.82) is 0 Å². The van der Waals surface area contributed by atoms with Gasteiger partial charge in [0.1, 0.15) is 23.7 Å². The number of para-hydroxylation sites is 1. The maximum absolute atomic E-state index is 11.5. The lowest BCUT2D eigenvalue weighted by Crippen LogP contribution is -2.20. The van der Waals surface area contributed by atoms with E-state index >= 15 is 0 Å². The Bertz CT molecular complexity index is 686. The highest BCUT2D eigenvalue weighted by atomic mass is 16.5. The molecule has 0 saturated heterocycles. The summed E-state index contributed by atoms with van der Waals surface area (Å²) >= 11 is 0. The van der Waals surface area contributed by atoms with Gasteiger partial charge in [-0.2, -0.15) is 0 Å². The molecule has 0 spiro atoms. The Morgan fingerprint density at radius 2 is 2.00 bits per heavy atom. The smallest absolute Gasteiger partial charge is 0.342 e. The van der Waals surface area contributed by atoms with Crippen LogP contribution in [-0.2, 0) is 6.61 Å². The molecule has 0 aliphatic rings. The molecule has 1 aromatic heterocycles.